The highest BCUT2D eigenvalue weighted by molar-refractivity contribution is 6.33. The monoisotopic (exact) mass is 405 g/mol. The molecule has 1 aromatic rings. The van der Waals surface area contributed by atoms with Gasteiger partial charge in [0, 0.05) is 38.3 Å². The topological polar surface area (TPSA) is 61.9 Å². The minimum Gasteiger partial charge on any atom is -0.365 e. The van der Waals surface area contributed by atoms with E-state index in [2.05, 4.69) is 10.2 Å². The number of rotatable bonds is 5. The van der Waals surface area contributed by atoms with Crippen molar-refractivity contribution in [2.45, 2.75) is 50.3 Å². The molecule has 1 N–H and O–H groups in total. The summed E-state index contributed by atoms with van der Waals surface area (Å²) in [5.41, 5.74) is 0.455. The molecule has 3 aliphatic rings. The highest BCUT2D eigenvalue weighted by Crippen LogP contribution is 2.29. The second-order valence-electron chi connectivity index (χ2n) is 8.02. The van der Waals surface area contributed by atoms with Crippen LogP contribution in [0.1, 0.15) is 42.5 Å². The van der Waals surface area contributed by atoms with Crippen LogP contribution in [0.2, 0.25) is 5.02 Å². The molecule has 0 bridgehead atoms. The number of piperidine rings is 1. The molecule has 3 fully saturated rings. The van der Waals surface area contributed by atoms with Crippen molar-refractivity contribution < 1.29 is 14.3 Å². The van der Waals surface area contributed by atoms with Gasteiger partial charge in [-0.05, 0) is 37.8 Å². The number of hydrogen-bond donors (Lipinski definition) is 1. The molecule has 1 saturated carbocycles. The molecule has 152 valence electrons. The van der Waals surface area contributed by atoms with Gasteiger partial charge in [-0.3, -0.25) is 9.59 Å². The van der Waals surface area contributed by atoms with Crippen molar-refractivity contribution in [2.24, 2.45) is 0 Å². The molecule has 2 amide bonds. The normalized spacial score (nSPS) is 24.8. The Kier molecular flexibility index (Phi) is 6.19. The minimum atomic E-state index is -0.216. The van der Waals surface area contributed by atoms with Crippen molar-refractivity contribution in [3.05, 3.63) is 34.9 Å². The Morgan fingerprint density at radius 3 is 2.57 bits per heavy atom. The number of likely N-dealkylation sites (tertiary alicyclic amines) is 1. The zero-order chi connectivity index (χ0) is 19.5. The Bertz CT molecular complexity index is 717. The zero-order valence-corrected chi connectivity index (χ0v) is 16.9. The summed E-state index contributed by atoms with van der Waals surface area (Å²) in [6.07, 6.45) is 5.88. The Labute approximate surface area is 171 Å². The number of hydrogen-bond acceptors (Lipinski definition) is 4. The summed E-state index contributed by atoms with van der Waals surface area (Å²) in [5.74, 6) is -0.151. The molecule has 0 spiro atoms. The molecule has 1 aliphatic carbocycles. The van der Waals surface area contributed by atoms with E-state index < -0.39 is 0 Å². The predicted octanol–water partition coefficient (Wildman–Crippen LogP) is 2.31. The van der Waals surface area contributed by atoms with E-state index in [0.29, 0.717) is 23.7 Å². The van der Waals surface area contributed by atoms with Crippen molar-refractivity contribution in [3.8, 4) is 0 Å². The van der Waals surface area contributed by atoms with Gasteiger partial charge in [0.25, 0.3) is 5.91 Å². The Balaban J connectivity index is 1.28. The molecule has 2 heterocycles. The van der Waals surface area contributed by atoms with Gasteiger partial charge in [0.15, 0.2) is 0 Å². The van der Waals surface area contributed by atoms with Gasteiger partial charge in [-0.2, -0.15) is 0 Å². The lowest BCUT2D eigenvalue weighted by atomic mass is 9.89. The number of carbonyl (C=O) groups excluding carboxylic acids is 2. The van der Waals surface area contributed by atoms with Gasteiger partial charge in [0.05, 0.1) is 16.7 Å². The Hall–Kier alpha value is -1.63. The molecular weight excluding hydrogens is 378 g/mol. The minimum absolute atomic E-state index is 0.0655. The number of halogens is 1. The fourth-order valence-electron chi connectivity index (χ4n) is 4.38. The molecule has 6 nitrogen and oxygen atoms in total. The van der Waals surface area contributed by atoms with Gasteiger partial charge in [0.1, 0.15) is 6.61 Å². The van der Waals surface area contributed by atoms with Crippen LogP contribution < -0.4 is 5.32 Å². The summed E-state index contributed by atoms with van der Waals surface area (Å²) in [6, 6.07) is 8.04. The molecule has 1 atom stereocenters. The summed E-state index contributed by atoms with van der Waals surface area (Å²) in [7, 11) is 0. The average Bonchev–Trinajstić information content (AvgIpc) is 2.67. The van der Waals surface area contributed by atoms with E-state index in [1.54, 1.807) is 24.3 Å². The number of nitrogens with one attached hydrogen (secondary N) is 1. The fourth-order valence-corrected chi connectivity index (χ4v) is 4.61. The van der Waals surface area contributed by atoms with Gasteiger partial charge in [0.2, 0.25) is 5.91 Å². The first-order chi connectivity index (χ1) is 13.6. The zero-order valence-electron chi connectivity index (χ0n) is 16.1. The van der Waals surface area contributed by atoms with Crippen LogP contribution in [0, 0.1) is 0 Å². The van der Waals surface area contributed by atoms with Crippen molar-refractivity contribution >= 4 is 23.4 Å². The van der Waals surface area contributed by atoms with Crippen LogP contribution in [0.5, 0.6) is 0 Å². The average molecular weight is 406 g/mol. The maximum atomic E-state index is 12.4. The van der Waals surface area contributed by atoms with Crippen molar-refractivity contribution in [1.82, 2.24) is 15.1 Å². The van der Waals surface area contributed by atoms with Crippen LogP contribution in [0.25, 0.3) is 0 Å². The van der Waals surface area contributed by atoms with Gasteiger partial charge >= 0.3 is 0 Å². The summed E-state index contributed by atoms with van der Waals surface area (Å²) in [5, 5.41) is 3.32. The summed E-state index contributed by atoms with van der Waals surface area (Å²) in [4.78, 5) is 29.3. The Morgan fingerprint density at radius 1 is 1.14 bits per heavy atom. The van der Waals surface area contributed by atoms with E-state index >= 15 is 0 Å². The van der Waals surface area contributed by atoms with Gasteiger partial charge in [-0.25, -0.2) is 0 Å². The maximum absolute atomic E-state index is 12.4. The van der Waals surface area contributed by atoms with E-state index in [1.807, 2.05) is 4.90 Å². The lowest BCUT2D eigenvalue weighted by Crippen LogP contribution is -2.57. The molecule has 7 heteroatoms. The highest BCUT2D eigenvalue weighted by atomic mass is 35.5. The quantitative estimate of drug-likeness (QED) is 0.816. The first kappa shape index (κ1) is 19.7. The standard InChI is InChI=1S/C21H28ClN3O3/c22-19-7-2-1-6-18(19)21(27)23-12-17-13-25(20(26)14-28-17)16-8-10-24(11-9-16)15-4-3-5-15/h1-2,6-7,15-17H,3-5,8-14H2,(H,23,27)/t17-/m0/s1. The predicted molar refractivity (Wildman–Crippen MR) is 107 cm³/mol. The van der Waals surface area contributed by atoms with Crippen LogP contribution >= 0.6 is 11.6 Å². The molecule has 0 aromatic heterocycles. The smallest absolute Gasteiger partial charge is 0.252 e. The SMILES string of the molecule is O=C(NC[C@H]1CN(C2CCN(C3CCC3)CC2)C(=O)CO1)c1ccccc1Cl. The molecule has 0 unspecified atom stereocenters. The first-order valence-electron chi connectivity index (χ1n) is 10.3. The van der Waals surface area contributed by atoms with E-state index in [1.165, 1.54) is 19.3 Å². The first-order valence-corrected chi connectivity index (χ1v) is 10.7. The lowest BCUT2D eigenvalue weighted by molar-refractivity contribution is -0.153. The molecule has 2 saturated heterocycles. The van der Waals surface area contributed by atoms with Crippen molar-refractivity contribution in [3.63, 3.8) is 0 Å². The van der Waals surface area contributed by atoms with Crippen molar-refractivity contribution in [1.29, 1.82) is 0 Å². The van der Waals surface area contributed by atoms with Crippen molar-refractivity contribution in [2.75, 3.05) is 32.8 Å². The fraction of sp³-hybridized carbons (Fsp3) is 0.619. The van der Waals surface area contributed by atoms with Gasteiger partial charge < -0.3 is 19.9 Å². The summed E-state index contributed by atoms with van der Waals surface area (Å²) >= 11 is 6.08. The number of ether oxygens (including phenoxy) is 1. The van der Waals surface area contributed by atoms with Crippen LogP contribution in [0.4, 0.5) is 0 Å². The highest BCUT2D eigenvalue weighted by Gasteiger charge is 2.35. The third-order valence-corrected chi connectivity index (χ3v) is 6.63. The second-order valence-corrected chi connectivity index (χ2v) is 8.43. The molecule has 0 radical (unpaired) electrons. The number of amides is 2. The second kappa shape index (κ2) is 8.80. The molecule has 1 aromatic carbocycles. The summed E-state index contributed by atoms with van der Waals surface area (Å²) < 4.78 is 5.66. The number of morpholine rings is 1. The molecule has 4 rings (SSSR count). The third kappa shape index (κ3) is 4.34. The van der Waals surface area contributed by atoms with Gasteiger partial charge in [-0.15, -0.1) is 0 Å². The maximum Gasteiger partial charge on any atom is 0.252 e. The lowest BCUT2D eigenvalue weighted by Gasteiger charge is -2.45. The van der Waals surface area contributed by atoms with E-state index in [9.17, 15) is 9.59 Å². The number of nitrogens with zero attached hydrogens (tertiary/aromatic N) is 2. The van der Waals surface area contributed by atoms with Gasteiger partial charge in [-0.1, -0.05) is 30.2 Å². The molecule has 28 heavy (non-hydrogen) atoms. The molecule has 2 aliphatic heterocycles. The largest absolute Gasteiger partial charge is 0.365 e. The van der Waals surface area contributed by atoms with E-state index in [-0.39, 0.29) is 30.6 Å². The Morgan fingerprint density at radius 2 is 1.89 bits per heavy atom. The van der Waals surface area contributed by atoms with E-state index in [4.69, 9.17) is 16.3 Å². The third-order valence-electron chi connectivity index (χ3n) is 6.30. The summed E-state index contributed by atoms with van der Waals surface area (Å²) in [6.45, 7) is 3.15. The number of carbonyl (C=O) groups is 2. The molecular formula is C21H28ClN3O3. The van der Waals surface area contributed by atoms with E-state index in [0.717, 1.165) is 32.0 Å². The number of benzene rings is 1. The van der Waals surface area contributed by atoms with Crippen LogP contribution in [0.3, 0.4) is 0 Å². The van der Waals surface area contributed by atoms with Crippen LogP contribution in [-0.4, -0.2) is 72.6 Å². The van der Waals surface area contributed by atoms with Crippen LogP contribution in [-0.2, 0) is 9.53 Å². The van der Waals surface area contributed by atoms with Crippen LogP contribution in [0.15, 0.2) is 24.3 Å².